The van der Waals surface area contributed by atoms with Gasteiger partial charge in [0, 0.05) is 29.9 Å². The molecule has 0 saturated heterocycles. The van der Waals surface area contributed by atoms with E-state index in [0.29, 0.717) is 33.1 Å². The Labute approximate surface area is 251 Å². The fourth-order valence-corrected chi connectivity index (χ4v) is 5.97. The molecule has 0 aliphatic carbocycles. The van der Waals surface area contributed by atoms with Crippen molar-refractivity contribution in [2.45, 2.75) is 71.7 Å². The van der Waals surface area contributed by atoms with E-state index < -0.39 is 40.2 Å². The lowest BCUT2D eigenvalue weighted by Crippen LogP contribution is -2.58. The summed E-state index contributed by atoms with van der Waals surface area (Å²) in [4.78, 5) is 43.7. The van der Waals surface area contributed by atoms with E-state index in [1.165, 1.54) is 60.9 Å². The molecule has 1 atom stereocenters. The van der Waals surface area contributed by atoms with E-state index in [2.05, 4.69) is 15.5 Å². The summed E-state index contributed by atoms with van der Waals surface area (Å²) in [5.41, 5.74) is -2.75. The maximum atomic E-state index is 14.5. The molecule has 232 valence electrons. The van der Waals surface area contributed by atoms with Crippen LogP contribution < -0.4 is 21.3 Å². The van der Waals surface area contributed by atoms with Gasteiger partial charge in [-0.25, -0.2) is 13.8 Å². The molecule has 2 N–H and O–H groups in total. The van der Waals surface area contributed by atoms with Gasteiger partial charge in [-0.2, -0.15) is 10.2 Å². The summed E-state index contributed by atoms with van der Waals surface area (Å²) in [5, 5.41) is 21.4. The number of fused-ring (bicyclic) bond motifs is 1. The van der Waals surface area contributed by atoms with Crippen molar-refractivity contribution in [3.63, 3.8) is 0 Å². The first kappa shape index (κ1) is 32.0. The Morgan fingerprint density at radius 3 is 2.44 bits per heavy atom. The Kier molecular flexibility index (Phi) is 9.23. The van der Waals surface area contributed by atoms with Crippen LogP contribution in [-0.2, 0) is 21.6 Å². The van der Waals surface area contributed by atoms with Crippen molar-refractivity contribution >= 4 is 27.5 Å². The minimum Gasteiger partial charge on any atom is -0.496 e. The second-order valence-corrected chi connectivity index (χ2v) is 12.6. The van der Waals surface area contributed by atoms with E-state index in [9.17, 15) is 23.9 Å². The first-order valence-electron chi connectivity index (χ1n) is 13.8. The summed E-state index contributed by atoms with van der Waals surface area (Å²) < 4.78 is 28.4. The largest absolute Gasteiger partial charge is 0.496 e. The molecule has 0 unspecified atom stereocenters. The van der Waals surface area contributed by atoms with Crippen LogP contribution in [0.15, 0.2) is 40.2 Å². The maximum Gasteiger partial charge on any atom is 0.333 e. The Morgan fingerprint density at radius 1 is 1.16 bits per heavy atom. The van der Waals surface area contributed by atoms with Gasteiger partial charge in [0.05, 0.1) is 31.4 Å². The summed E-state index contributed by atoms with van der Waals surface area (Å²) >= 11 is 1.14. The highest BCUT2D eigenvalue weighted by molar-refractivity contribution is 7.21. The molecule has 0 bridgehead atoms. The molecule has 14 heteroatoms. The molecule has 0 saturated carbocycles. The topological polar surface area (TPSA) is 142 Å². The lowest BCUT2D eigenvalue weighted by Gasteiger charge is -2.31. The normalized spacial score (nSPS) is 13.0. The number of carbonyl (C=O) groups is 1. The number of ether oxygens (including phenoxy) is 2. The monoisotopic (exact) mass is 616 g/mol. The molecule has 4 aromatic rings. The first-order valence-corrected chi connectivity index (χ1v) is 14.6. The molecule has 12 nitrogen and oxygen atoms in total. The van der Waals surface area contributed by atoms with Crippen molar-refractivity contribution in [2.24, 2.45) is 0 Å². The van der Waals surface area contributed by atoms with Gasteiger partial charge in [0.1, 0.15) is 33.0 Å². The van der Waals surface area contributed by atoms with Crippen molar-refractivity contribution in [1.82, 2.24) is 29.4 Å². The Hall–Kier alpha value is -3.88. The molecule has 3 aromatic heterocycles. The second-order valence-electron chi connectivity index (χ2n) is 11.7. The van der Waals surface area contributed by atoms with E-state index >= 15 is 0 Å². The van der Waals surface area contributed by atoms with Crippen LogP contribution in [0.4, 0.5) is 4.39 Å². The molecule has 0 aliphatic rings. The number of methoxy groups -OCH3 is 1. The van der Waals surface area contributed by atoms with Gasteiger partial charge in [0.15, 0.2) is 0 Å². The van der Waals surface area contributed by atoms with Crippen LogP contribution in [-0.4, -0.2) is 61.0 Å². The van der Waals surface area contributed by atoms with Crippen LogP contribution >= 0.6 is 11.3 Å². The summed E-state index contributed by atoms with van der Waals surface area (Å²) in [6.45, 7) is 9.96. The van der Waals surface area contributed by atoms with Crippen molar-refractivity contribution in [2.75, 3.05) is 20.3 Å². The van der Waals surface area contributed by atoms with Crippen LogP contribution in [0, 0.1) is 12.7 Å². The number of aliphatic hydroxyl groups is 1. The van der Waals surface area contributed by atoms with Crippen molar-refractivity contribution in [3.8, 4) is 10.8 Å². The predicted molar refractivity (Wildman–Crippen MR) is 161 cm³/mol. The second kappa shape index (κ2) is 12.4. The zero-order valence-corrected chi connectivity index (χ0v) is 26.1. The van der Waals surface area contributed by atoms with Gasteiger partial charge in [-0.1, -0.05) is 11.3 Å². The zero-order valence-electron chi connectivity index (χ0n) is 25.3. The molecule has 0 aliphatic heterocycles. The van der Waals surface area contributed by atoms with E-state index in [-0.39, 0.29) is 25.1 Å². The number of aliphatic hydroxyl groups excluding tert-OH is 1. The van der Waals surface area contributed by atoms with Gasteiger partial charge in [-0.3, -0.25) is 14.2 Å². The average Bonchev–Trinajstić information content (AvgIpc) is 3.57. The summed E-state index contributed by atoms with van der Waals surface area (Å²) in [6.07, 6.45) is 2.36. The fourth-order valence-electron chi connectivity index (χ4n) is 4.75. The summed E-state index contributed by atoms with van der Waals surface area (Å²) in [5.74, 6) is -0.718. The quantitative estimate of drug-likeness (QED) is 0.245. The van der Waals surface area contributed by atoms with Crippen molar-refractivity contribution in [3.05, 3.63) is 68.4 Å². The number of halogens is 1. The van der Waals surface area contributed by atoms with Crippen LogP contribution in [0.5, 0.6) is 5.75 Å². The summed E-state index contributed by atoms with van der Waals surface area (Å²) in [6, 6.07) is 3.98. The standard InChI is InChI=1S/C29H37FN6O6S/c1-17-22-23(38)35(29(5,6)26(39)33-28(2,3)4)27(40)34(25(22)43-24(17)36-31-11-12-32-36)16-21(42-14-8-13-37)19-15-18(30)9-10-20(19)41-7/h9-12,15,21,37H,8,13-14,16H2,1-7H3,(H,33,39)/t21-/m0/s1. The Morgan fingerprint density at radius 2 is 1.84 bits per heavy atom. The molecule has 0 fully saturated rings. The third kappa shape index (κ3) is 6.40. The van der Waals surface area contributed by atoms with E-state index in [1.807, 2.05) is 0 Å². The number of thiophene rings is 1. The number of nitrogens with zero attached hydrogens (tertiary/aromatic N) is 5. The van der Waals surface area contributed by atoms with E-state index in [4.69, 9.17) is 9.47 Å². The van der Waals surface area contributed by atoms with Crippen molar-refractivity contribution in [1.29, 1.82) is 0 Å². The highest BCUT2D eigenvalue weighted by Gasteiger charge is 2.37. The number of amides is 1. The lowest BCUT2D eigenvalue weighted by atomic mass is 10.00. The van der Waals surface area contributed by atoms with Gasteiger partial charge in [-0.15, -0.1) is 4.80 Å². The third-order valence-electron chi connectivity index (χ3n) is 6.90. The predicted octanol–water partition coefficient (Wildman–Crippen LogP) is 3.05. The number of aryl methyl sites for hydroxylation is 1. The molecular formula is C29H37FN6O6S. The van der Waals surface area contributed by atoms with Crippen molar-refractivity contribution < 1.29 is 23.8 Å². The van der Waals surface area contributed by atoms with Crippen LogP contribution in [0.3, 0.4) is 0 Å². The van der Waals surface area contributed by atoms with Gasteiger partial charge in [0.2, 0.25) is 5.91 Å². The zero-order chi connectivity index (χ0) is 31.7. The fraction of sp³-hybridized carbons (Fsp3) is 0.483. The molecule has 0 spiro atoms. The van der Waals surface area contributed by atoms with E-state index in [1.54, 1.807) is 27.7 Å². The number of nitrogens with one attached hydrogen (secondary N) is 1. The first-order chi connectivity index (χ1) is 20.2. The minimum atomic E-state index is -1.60. The molecule has 43 heavy (non-hydrogen) atoms. The SMILES string of the molecule is COc1ccc(F)cc1[C@H](Cn1c(=O)n(C(C)(C)C(=O)NC(C)(C)C)c(=O)c2c(C)c(-n3nccn3)sc21)OCCCO. The molecule has 0 radical (unpaired) electrons. The molecule has 1 aromatic carbocycles. The van der Waals surface area contributed by atoms with Gasteiger partial charge in [-0.05, 0) is 66.2 Å². The maximum absolute atomic E-state index is 14.5. The van der Waals surface area contributed by atoms with E-state index in [0.717, 1.165) is 15.9 Å². The number of hydrogen-bond acceptors (Lipinski definition) is 9. The lowest BCUT2D eigenvalue weighted by molar-refractivity contribution is -0.130. The van der Waals surface area contributed by atoms with Crippen LogP contribution in [0.25, 0.3) is 15.2 Å². The molecule has 4 rings (SSSR count). The highest BCUT2D eigenvalue weighted by atomic mass is 32.1. The smallest absolute Gasteiger partial charge is 0.333 e. The van der Waals surface area contributed by atoms with Crippen LogP contribution in [0.1, 0.15) is 58.3 Å². The van der Waals surface area contributed by atoms with Gasteiger partial charge < -0.3 is 19.9 Å². The number of carbonyl (C=O) groups excluding carboxylic acids is 1. The molecular weight excluding hydrogens is 579 g/mol. The Bertz CT molecular complexity index is 1740. The number of benzene rings is 1. The average molecular weight is 617 g/mol. The van der Waals surface area contributed by atoms with Crippen LogP contribution in [0.2, 0.25) is 0 Å². The molecule has 1 amide bonds. The summed E-state index contributed by atoms with van der Waals surface area (Å²) in [7, 11) is 1.44. The minimum absolute atomic E-state index is 0.101. The third-order valence-corrected chi connectivity index (χ3v) is 8.18. The van der Waals surface area contributed by atoms with Gasteiger partial charge in [0.25, 0.3) is 5.56 Å². The number of rotatable bonds is 11. The number of hydrogen-bond donors (Lipinski definition) is 2. The highest BCUT2D eigenvalue weighted by Crippen LogP contribution is 2.34. The Balaban J connectivity index is 2.02. The molecule has 3 heterocycles. The van der Waals surface area contributed by atoms with Gasteiger partial charge >= 0.3 is 5.69 Å². The number of aromatic nitrogens is 5.